The Morgan fingerprint density at radius 3 is 2.89 bits per heavy atom. The number of amides is 2. The Labute approximate surface area is 114 Å². The summed E-state index contributed by atoms with van der Waals surface area (Å²) in [5.74, 6) is -0.647. The lowest BCUT2D eigenvalue weighted by atomic mass is 10.3. The van der Waals surface area contributed by atoms with Crippen molar-refractivity contribution in [2.24, 2.45) is 5.73 Å². The van der Waals surface area contributed by atoms with E-state index in [0.29, 0.717) is 5.69 Å². The van der Waals surface area contributed by atoms with Gasteiger partial charge in [0, 0.05) is 5.69 Å². The summed E-state index contributed by atoms with van der Waals surface area (Å²) in [5, 5.41) is 6.10. The van der Waals surface area contributed by atoms with E-state index in [1.165, 1.54) is 0 Å². The Morgan fingerprint density at radius 1 is 1.37 bits per heavy atom. The number of rotatable bonds is 4. The summed E-state index contributed by atoms with van der Waals surface area (Å²) >= 11 is 1.57. The molecule has 1 aromatic heterocycles. The van der Waals surface area contributed by atoms with Crippen LogP contribution < -0.4 is 16.4 Å². The number of hydrogen-bond acceptors (Lipinski definition) is 5. The second-order valence-electron chi connectivity index (χ2n) is 3.94. The normalized spacial score (nSPS) is 10.4. The van der Waals surface area contributed by atoms with Crippen molar-refractivity contribution in [2.75, 3.05) is 18.4 Å². The third kappa shape index (κ3) is 3.49. The van der Waals surface area contributed by atoms with Crippen molar-refractivity contribution in [3.05, 3.63) is 23.2 Å². The Bertz CT molecular complexity index is 623. The van der Waals surface area contributed by atoms with Crippen LogP contribution in [0.25, 0.3) is 10.2 Å². The maximum atomic E-state index is 11.6. The number of aryl methyl sites for hydroxylation is 1. The van der Waals surface area contributed by atoms with Crippen molar-refractivity contribution >= 4 is 39.1 Å². The topological polar surface area (TPSA) is 97.1 Å². The summed E-state index contributed by atoms with van der Waals surface area (Å²) < 4.78 is 1.02. The summed E-state index contributed by atoms with van der Waals surface area (Å²) in [5.41, 5.74) is 6.72. The first-order chi connectivity index (χ1) is 9.08. The molecule has 2 rings (SSSR count). The first-order valence-corrected chi connectivity index (χ1v) is 6.54. The van der Waals surface area contributed by atoms with Crippen LogP contribution in [0.1, 0.15) is 5.01 Å². The van der Waals surface area contributed by atoms with E-state index in [1.807, 2.05) is 19.1 Å². The molecule has 0 saturated carbocycles. The second-order valence-corrected chi connectivity index (χ2v) is 5.18. The van der Waals surface area contributed by atoms with Gasteiger partial charge in [-0.3, -0.25) is 9.59 Å². The van der Waals surface area contributed by atoms with Crippen molar-refractivity contribution in [1.82, 2.24) is 10.3 Å². The third-order valence-corrected chi connectivity index (χ3v) is 3.34. The lowest BCUT2D eigenvalue weighted by Gasteiger charge is -2.06. The number of anilines is 1. The molecule has 0 aliphatic rings. The number of benzene rings is 1. The van der Waals surface area contributed by atoms with E-state index in [4.69, 9.17) is 5.73 Å². The number of carbonyl (C=O) groups is 2. The molecule has 0 aliphatic carbocycles. The number of thiazole rings is 1. The van der Waals surface area contributed by atoms with Crippen LogP contribution in [-0.4, -0.2) is 29.9 Å². The van der Waals surface area contributed by atoms with Gasteiger partial charge in [0.05, 0.1) is 28.3 Å². The maximum Gasteiger partial charge on any atom is 0.243 e. The highest BCUT2D eigenvalue weighted by molar-refractivity contribution is 7.18. The lowest BCUT2D eigenvalue weighted by molar-refractivity contribution is -0.123. The summed E-state index contributed by atoms with van der Waals surface area (Å²) in [6.45, 7) is 1.72. The number of aromatic nitrogens is 1. The molecule has 0 bridgehead atoms. The smallest absolute Gasteiger partial charge is 0.243 e. The molecular formula is C12H14N4O2S. The minimum atomic E-state index is -0.358. The molecule has 6 nitrogen and oxygen atoms in total. The van der Waals surface area contributed by atoms with E-state index in [2.05, 4.69) is 15.6 Å². The fourth-order valence-corrected chi connectivity index (χ4v) is 2.44. The number of carbonyl (C=O) groups excluding carboxylic acids is 2. The third-order valence-electron chi connectivity index (χ3n) is 2.41. The Morgan fingerprint density at radius 2 is 2.16 bits per heavy atom. The maximum absolute atomic E-state index is 11.6. The predicted molar refractivity (Wildman–Crippen MR) is 75.1 cm³/mol. The van der Waals surface area contributed by atoms with Gasteiger partial charge < -0.3 is 16.4 Å². The number of nitrogens with two attached hydrogens (primary N) is 1. The van der Waals surface area contributed by atoms with Crippen LogP contribution in [0.15, 0.2) is 18.2 Å². The van der Waals surface area contributed by atoms with Crippen LogP contribution in [0.5, 0.6) is 0 Å². The predicted octanol–water partition coefficient (Wildman–Crippen LogP) is 0.618. The van der Waals surface area contributed by atoms with Gasteiger partial charge in [-0.1, -0.05) is 0 Å². The van der Waals surface area contributed by atoms with Gasteiger partial charge >= 0.3 is 0 Å². The second kappa shape index (κ2) is 5.77. The van der Waals surface area contributed by atoms with Gasteiger partial charge in [-0.25, -0.2) is 4.98 Å². The Balaban J connectivity index is 2.00. The number of nitrogens with zero attached hydrogens (tertiary/aromatic N) is 1. The number of hydrogen-bond donors (Lipinski definition) is 3. The van der Waals surface area contributed by atoms with Crippen molar-refractivity contribution < 1.29 is 9.59 Å². The van der Waals surface area contributed by atoms with Crippen molar-refractivity contribution in [3.8, 4) is 0 Å². The van der Waals surface area contributed by atoms with E-state index < -0.39 is 0 Å². The van der Waals surface area contributed by atoms with Gasteiger partial charge in [-0.05, 0) is 25.1 Å². The summed E-state index contributed by atoms with van der Waals surface area (Å²) in [7, 11) is 0. The number of nitrogens with one attached hydrogen (secondary N) is 2. The van der Waals surface area contributed by atoms with E-state index in [9.17, 15) is 9.59 Å². The average Bonchev–Trinajstić information content (AvgIpc) is 2.75. The summed E-state index contributed by atoms with van der Waals surface area (Å²) in [6.07, 6.45) is 0. The zero-order valence-electron chi connectivity index (χ0n) is 10.4. The largest absolute Gasteiger partial charge is 0.346 e. The lowest BCUT2D eigenvalue weighted by Crippen LogP contribution is -2.36. The molecule has 0 unspecified atom stereocenters. The van der Waals surface area contributed by atoms with Gasteiger partial charge in [0.15, 0.2) is 0 Å². The number of fused-ring (bicyclic) bond motifs is 1. The highest BCUT2D eigenvalue weighted by Gasteiger charge is 2.06. The highest BCUT2D eigenvalue weighted by atomic mass is 32.1. The van der Waals surface area contributed by atoms with E-state index >= 15 is 0 Å². The van der Waals surface area contributed by atoms with E-state index in [1.54, 1.807) is 17.4 Å². The summed E-state index contributed by atoms with van der Waals surface area (Å²) in [4.78, 5) is 26.9. The molecular weight excluding hydrogens is 264 g/mol. The molecule has 7 heteroatoms. The molecule has 0 fully saturated rings. The first kappa shape index (κ1) is 13.4. The molecule has 1 aromatic carbocycles. The zero-order chi connectivity index (χ0) is 13.8. The minimum absolute atomic E-state index is 0.0875. The molecule has 100 valence electrons. The molecule has 0 aliphatic heterocycles. The van der Waals surface area contributed by atoms with Gasteiger partial charge in [0.1, 0.15) is 0 Å². The van der Waals surface area contributed by atoms with Gasteiger partial charge in [0.2, 0.25) is 11.8 Å². The molecule has 0 atom stereocenters. The first-order valence-electron chi connectivity index (χ1n) is 5.72. The van der Waals surface area contributed by atoms with Gasteiger partial charge in [-0.15, -0.1) is 11.3 Å². The molecule has 19 heavy (non-hydrogen) atoms. The summed E-state index contributed by atoms with van der Waals surface area (Å²) in [6, 6.07) is 5.50. The van der Waals surface area contributed by atoms with Crippen LogP contribution in [-0.2, 0) is 9.59 Å². The molecule has 0 radical (unpaired) electrons. The Kier molecular flexibility index (Phi) is 4.08. The van der Waals surface area contributed by atoms with E-state index in [0.717, 1.165) is 15.2 Å². The zero-order valence-corrected chi connectivity index (χ0v) is 11.2. The Hall–Kier alpha value is -1.99. The van der Waals surface area contributed by atoms with Crippen LogP contribution >= 0.6 is 11.3 Å². The van der Waals surface area contributed by atoms with Crippen molar-refractivity contribution in [2.45, 2.75) is 6.92 Å². The quantitative estimate of drug-likeness (QED) is 0.763. The van der Waals surface area contributed by atoms with E-state index in [-0.39, 0.29) is 24.9 Å². The van der Waals surface area contributed by atoms with Crippen molar-refractivity contribution in [3.63, 3.8) is 0 Å². The van der Waals surface area contributed by atoms with Gasteiger partial charge in [-0.2, -0.15) is 0 Å². The average molecular weight is 278 g/mol. The van der Waals surface area contributed by atoms with Gasteiger partial charge in [0.25, 0.3) is 0 Å². The van der Waals surface area contributed by atoms with Crippen molar-refractivity contribution in [1.29, 1.82) is 0 Å². The monoisotopic (exact) mass is 278 g/mol. The fourth-order valence-electron chi connectivity index (χ4n) is 1.57. The van der Waals surface area contributed by atoms with Crippen LogP contribution in [0, 0.1) is 6.92 Å². The van der Waals surface area contributed by atoms with Crippen LogP contribution in [0.4, 0.5) is 5.69 Å². The standard InChI is InChI=1S/C12H14N4O2S/c1-7-15-9-3-2-8(4-10(9)19-7)16-12(18)6-14-11(17)5-13/h2-4H,5-6,13H2,1H3,(H,14,17)(H,16,18). The molecule has 0 spiro atoms. The molecule has 2 aromatic rings. The molecule has 2 amide bonds. The minimum Gasteiger partial charge on any atom is -0.346 e. The molecule has 1 heterocycles. The van der Waals surface area contributed by atoms with Crippen LogP contribution in [0.3, 0.4) is 0 Å². The fraction of sp³-hybridized carbons (Fsp3) is 0.250. The molecule has 4 N–H and O–H groups in total. The SMILES string of the molecule is Cc1nc2ccc(NC(=O)CNC(=O)CN)cc2s1. The molecule has 0 saturated heterocycles. The van der Waals surface area contributed by atoms with Crippen LogP contribution in [0.2, 0.25) is 0 Å². The highest BCUT2D eigenvalue weighted by Crippen LogP contribution is 2.24.